The maximum atomic E-state index is 6.21. The van der Waals surface area contributed by atoms with Gasteiger partial charge in [-0.2, -0.15) is 0 Å². The first-order valence-corrected chi connectivity index (χ1v) is 16.9. The third-order valence-electron chi connectivity index (χ3n) is 8.16. The number of benzene rings is 3. The van der Waals surface area contributed by atoms with Crippen LogP contribution in [0.3, 0.4) is 0 Å². The molecule has 0 saturated heterocycles. The Morgan fingerprint density at radius 3 is 1.43 bits per heavy atom. The molecule has 3 aromatic rings. The SMILES string of the molecule is CCCCN(CCCC)CCCOc1ccc2c(c1)cc(OC)c1cc(OCCCN(CCCC)CCCC)ccc12. The van der Waals surface area contributed by atoms with E-state index in [1.807, 2.05) is 0 Å². The highest BCUT2D eigenvalue weighted by molar-refractivity contribution is 6.11. The van der Waals surface area contributed by atoms with E-state index < -0.39 is 0 Å². The molecule has 3 aromatic carbocycles. The molecule has 234 valence electrons. The summed E-state index contributed by atoms with van der Waals surface area (Å²) in [6.07, 6.45) is 12.2. The van der Waals surface area contributed by atoms with Crippen molar-refractivity contribution in [3.05, 3.63) is 42.5 Å². The van der Waals surface area contributed by atoms with Gasteiger partial charge in [0.2, 0.25) is 0 Å². The summed E-state index contributed by atoms with van der Waals surface area (Å²) in [5, 5.41) is 4.61. The Labute approximate surface area is 256 Å². The van der Waals surface area contributed by atoms with E-state index in [9.17, 15) is 0 Å². The van der Waals surface area contributed by atoms with Crippen molar-refractivity contribution in [3.8, 4) is 17.2 Å². The van der Waals surface area contributed by atoms with Crippen molar-refractivity contribution in [1.29, 1.82) is 0 Å². The van der Waals surface area contributed by atoms with Crippen molar-refractivity contribution in [2.75, 3.05) is 59.6 Å². The van der Waals surface area contributed by atoms with E-state index in [1.54, 1.807) is 7.11 Å². The van der Waals surface area contributed by atoms with Crippen LogP contribution in [0.25, 0.3) is 21.5 Å². The Bertz CT molecular complexity index is 1150. The van der Waals surface area contributed by atoms with Gasteiger partial charge in [-0.3, -0.25) is 0 Å². The molecule has 0 amide bonds. The predicted octanol–water partition coefficient (Wildman–Crippen LogP) is 9.34. The van der Waals surface area contributed by atoms with E-state index in [0.29, 0.717) is 0 Å². The van der Waals surface area contributed by atoms with Crippen LogP contribution in [-0.2, 0) is 0 Å². The molecule has 0 aliphatic heterocycles. The van der Waals surface area contributed by atoms with Gasteiger partial charge in [-0.1, -0.05) is 59.4 Å². The zero-order valence-corrected chi connectivity index (χ0v) is 27.4. The van der Waals surface area contributed by atoms with E-state index in [4.69, 9.17) is 14.2 Å². The van der Waals surface area contributed by atoms with Gasteiger partial charge in [0.1, 0.15) is 17.2 Å². The van der Waals surface area contributed by atoms with Crippen LogP contribution in [0.5, 0.6) is 17.2 Å². The lowest BCUT2D eigenvalue weighted by Crippen LogP contribution is -2.28. The van der Waals surface area contributed by atoms with Gasteiger partial charge in [0, 0.05) is 18.5 Å². The van der Waals surface area contributed by atoms with Crippen molar-refractivity contribution in [1.82, 2.24) is 9.80 Å². The quantitative estimate of drug-likeness (QED) is 0.0827. The third kappa shape index (κ3) is 11.0. The lowest BCUT2D eigenvalue weighted by atomic mass is 10.0. The first-order chi connectivity index (χ1) is 20.6. The van der Waals surface area contributed by atoms with Gasteiger partial charge in [-0.05, 0) is 117 Å². The van der Waals surface area contributed by atoms with Crippen LogP contribution in [0, 0.1) is 0 Å². The van der Waals surface area contributed by atoms with Crippen molar-refractivity contribution in [2.24, 2.45) is 0 Å². The standard InChI is InChI=1S/C37H58N2O3/c1-6-10-20-38(21-11-7-2)24-14-26-41-32-16-18-34-31(28-32)29-37(40-5)36-30-33(17-19-35(34)36)42-27-15-25-39(22-12-8-3)23-13-9-4/h16-19,28-30H,6-15,20-27H2,1-5H3. The van der Waals surface area contributed by atoms with Gasteiger partial charge in [0.05, 0.1) is 20.3 Å². The topological polar surface area (TPSA) is 34.2 Å². The zero-order chi connectivity index (χ0) is 30.0. The number of unbranched alkanes of at least 4 members (excludes halogenated alkanes) is 4. The number of ether oxygens (including phenoxy) is 3. The minimum Gasteiger partial charge on any atom is -0.496 e. The molecule has 5 heteroatoms. The van der Waals surface area contributed by atoms with Gasteiger partial charge in [0.15, 0.2) is 0 Å². The fourth-order valence-electron chi connectivity index (χ4n) is 5.59. The average Bonchev–Trinajstić information content (AvgIpc) is 3.02. The maximum absolute atomic E-state index is 6.21. The highest BCUT2D eigenvalue weighted by atomic mass is 16.5. The molecule has 5 nitrogen and oxygen atoms in total. The molecule has 0 radical (unpaired) electrons. The Kier molecular flexibility index (Phi) is 15.9. The van der Waals surface area contributed by atoms with Crippen molar-refractivity contribution >= 4 is 21.5 Å². The van der Waals surface area contributed by atoms with Crippen LogP contribution in [0.1, 0.15) is 91.9 Å². The molecule has 0 heterocycles. The zero-order valence-electron chi connectivity index (χ0n) is 27.4. The van der Waals surface area contributed by atoms with Crippen molar-refractivity contribution < 1.29 is 14.2 Å². The predicted molar refractivity (Wildman–Crippen MR) is 181 cm³/mol. The van der Waals surface area contributed by atoms with Crippen LogP contribution in [-0.4, -0.2) is 69.4 Å². The van der Waals surface area contributed by atoms with E-state index in [1.165, 1.54) is 88.3 Å². The minimum absolute atomic E-state index is 0.728. The molecule has 0 aliphatic rings. The average molecular weight is 579 g/mol. The normalized spacial score (nSPS) is 11.7. The highest BCUT2D eigenvalue weighted by Crippen LogP contribution is 2.37. The van der Waals surface area contributed by atoms with Crippen LogP contribution in [0.15, 0.2) is 42.5 Å². The number of hydrogen-bond acceptors (Lipinski definition) is 5. The van der Waals surface area contributed by atoms with Crippen LogP contribution >= 0.6 is 0 Å². The second kappa shape index (κ2) is 19.6. The van der Waals surface area contributed by atoms with Crippen LogP contribution in [0.4, 0.5) is 0 Å². The molecule has 0 fully saturated rings. The molecule has 42 heavy (non-hydrogen) atoms. The second-order valence-corrected chi connectivity index (χ2v) is 11.7. The summed E-state index contributed by atoms with van der Waals surface area (Å²) in [5.74, 6) is 2.69. The monoisotopic (exact) mass is 578 g/mol. The number of methoxy groups -OCH3 is 1. The van der Waals surface area contributed by atoms with Gasteiger partial charge >= 0.3 is 0 Å². The molecular formula is C37H58N2O3. The van der Waals surface area contributed by atoms with E-state index in [0.717, 1.165) is 67.2 Å². The summed E-state index contributed by atoms with van der Waals surface area (Å²) in [6.45, 7) is 17.5. The van der Waals surface area contributed by atoms with Gasteiger partial charge in [-0.15, -0.1) is 0 Å². The number of fused-ring (bicyclic) bond motifs is 3. The Balaban J connectivity index is 1.60. The summed E-state index contributed by atoms with van der Waals surface area (Å²) >= 11 is 0. The minimum atomic E-state index is 0.728. The molecule has 0 unspecified atom stereocenters. The maximum Gasteiger partial charge on any atom is 0.127 e. The molecular weight excluding hydrogens is 520 g/mol. The first kappa shape index (κ1) is 34.0. The molecule has 0 N–H and O–H groups in total. The Morgan fingerprint density at radius 2 is 0.952 bits per heavy atom. The highest BCUT2D eigenvalue weighted by Gasteiger charge is 2.11. The van der Waals surface area contributed by atoms with E-state index >= 15 is 0 Å². The molecule has 0 bridgehead atoms. The summed E-state index contributed by atoms with van der Waals surface area (Å²) in [6, 6.07) is 15.0. The third-order valence-corrected chi connectivity index (χ3v) is 8.16. The fourth-order valence-corrected chi connectivity index (χ4v) is 5.59. The van der Waals surface area contributed by atoms with Crippen LogP contribution < -0.4 is 14.2 Å². The van der Waals surface area contributed by atoms with E-state index in [-0.39, 0.29) is 0 Å². The molecule has 3 rings (SSSR count). The summed E-state index contributed by atoms with van der Waals surface area (Å²) < 4.78 is 18.3. The Hall–Kier alpha value is -2.50. The number of hydrogen-bond donors (Lipinski definition) is 0. The molecule has 0 atom stereocenters. The summed E-state index contributed by atoms with van der Waals surface area (Å²) in [4.78, 5) is 5.20. The summed E-state index contributed by atoms with van der Waals surface area (Å²) in [7, 11) is 1.75. The molecule has 0 aromatic heterocycles. The van der Waals surface area contributed by atoms with Crippen molar-refractivity contribution in [3.63, 3.8) is 0 Å². The molecule has 0 spiro atoms. The Morgan fingerprint density at radius 1 is 0.500 bits per heavy atom. The smallest absolute Gasteiger partial charge is 0.127 e. The van der Waals surface area contributed by atoms with E-state index in [2.05, 4.69) is 80.0 Å². The number of nitrogens with zero attached hydrogens (tertiary/aromatic N) is 2. The lowest BCUT2D eigenvalue weighted by Gasteiger charge is -2.22. The van der Waals surface area contributed by atoms with Crippen molar-refractivity contribution in [2.45, 2.75) is 91.9 Å². The lowest BCUT2D eigenvalue weighted by molar-refractivity contribution is 0.229. The van der Waals surface area contributed by atoms with Gasteiger partial charge in [-0.25, -0.2) is 0 Å². The number of rotatable bonds is 23. The van der Waals surface area contributed by atoms with Crippen LogP contribution in [0.2, 0.25) is 0 Å². The summed E-state index contributed by atoms with van der Waals surface area (Å²) in [5.41, 5.74) is 0. The largest absolute Gasteiger partial charge is 0.496 e. The molecule has 0 saturated carbocycles. The second-order valence-electron chi connectivity index (χ2n) is 11.7. The van der Waals surface area contributed by atoms with Gasteiger partial charge < -0.3 is 24.0 Å². The van der Waals surface area contributed by atoms with Gasteiger partial charge in [0.25, 0.3) is 0 Å². The molecule has 0 aliphatic carbocycles. The fraction of sp³-hybridized carbons (Fsp3) is 0.622. The first-order valence-electron chi connectivity index (χ1n) is 16.9.